The number of methoxy groups -OCH3 is 2. The molecule has 5 heteroatoms. The van der Waals surface area contributed by atoms with E-state index >= 15 is 0 Å². The van der Waals surface area contributed by atoms with Crippen molar-refractivity contribution in [3.8, 4) is 5.75 Å². The molecule has 1 heterocycles. The van der Waals surface area contributed by atoms with E-state index in [0.29, 0.717) is 5.01 Å². The second-order valence-electron chi connectivity index (χ2n) is 2.82. The van der Waals surface area contributed by atoms with E-state index in [1.807, 2.05) is 18.2 Å². The highest BCUT2D eigenvalue weighted by molar-refractivity contribution is 7.20. The van der Waals surface area contributed by atoms with Gasteiger partial charge in [-0.3, -0.25) is 0 Å². The second-order valence-corrected chi connectivity index (χ2v) is 3.82. The Morgan fingerprint density at radius 3 is 2.87 bits per heavy atom. The number of fused-ring (bicyclic) bond motifs is 1. The van der Waals surface area contributed by atoms with E-state index in [4.69, 9.17) is 4.74 Å². The number of esters is 1. The third-order valence-corrected chi connectivity index (χ3v) is 3.02. The number of hydrogen-bond donors (Lipinski definition) is 0. The number of benzene rings is 1. The number of hydrogen-bond acceptors (Lipinski definition) is 5. The fraction of sp³-hybridized carbons (Fsp3) is 0.200. The van der Waals surface area contributed by atoms with Crippen molar-refractivity contribution in [2.75, 3.05) is 14.2 Å². The van der Waals surface area contributed by atoms with Crippen LogP contribution in [0, 0.1) is 0 Å². The summed E-state index contributed by atoms with van der Waals surface area (Å²) < 4.78 is 10.6. The zero-order chi connectivity index (χ0) is 10.8. The topological polar surface area (TPSA) is 48.4 Å². The first-order valence-corrected chi connectivity index (χ1v) is 5.09. The molecule has 4 nitrogen and oxygen atoms in total. The van der Waals surface area contributed by atoms with Gasteiger partial charge in [0.2, 0.25) is 5.01 Å². The van der Waals surface area contributed by atoms with E-state index in [0.717, 1.165) is 16.0 Å². The molecule has 78 valence electrons. The summed E-state index contributed by atoms with van der Waals surface area (Å²) in [5.41, 5.74) is 0.750. The molecule has 0 bridgehead atoms. The lowest BCUT2D eigenvalue weighted by Gasteiger charge is -1.97. The number of thiazole rings is 1. The molecule has 0 aliphatic carbocycles. The average molecular weight is 223 g/mol. The van der Waals surface area contributed by atoms with Gasteiger partial charge in [0.25, 0.3) is 0 Å². The van der Waals surface area contributed by atoms with Crippen molar-refractivity contribution >= 4 is 27.5 Å². The maximum atomic E-state index is 11.3. The molecule has 2 rings (SSSR count). The normalized spacial score (nSPS) is 10.3. The van der Waals surface area contributed by atoms with Gasteiger partial charge in [-0.1, -0.05) is 6.07 Å². The molecule has 0 saturated heterocycles. The standard InChI is InChI=1S/C10H9NO3S/c1-13-7-5-3-4-6-8(7)15-9(11-6)10(12)14-2/h3-5H,1-2H3. The van der Waals surface area contributed by atoms with Crippen molar-refractivity contribution in [1.29, 1.82) is 0 Å². The monoisotopic (exact) mass is 223 g/mol. The van der Waals surface area contributed by atoms with Crippen LogP contribution in [0.4, 0.5) is 0 Å². The molecule has 0 saturated carbocycles. The van der Waals surface area contributed by atoms with E-state index < -0.39 is 5.97 Å². The summed E-state index contributed by atoms with van der Waals surface area (Å²) >= 11 is 1.27. The average Bonchev–Trinajstić information content (AvgIpc) is 2.71. The first-order chi connectivity index (χ1) is 7.26. The fourth-order valence-corrected chi connectivity index (χ4v) is 2.23. The molecule has 0 aliphatic rings. The van der Waals surface area contributed by atoms with E-state index in [-0.39, 0.29) is 0 Å². The van der Waals surface area contributed by atoms with Gasteiger partial charge in [-0.05, 0) is 12.1 Å². The lowest BCUT2D eigenvalue weighted by molar-refractivity contribution is 0.0600. The molecule has 2 aromatic rings. The van der Waals surface area contributed by atoms with E-state index in [2.05, 4.69) is 9.72 Å². The van der Waals surface area contributed by atoms with Crippen LogP contribution in [-0.4, -0.2) is 25.2 Å². The Morgan fingerprint density at radius 1 is 1.40 bits per heavy atom. The summed E-state index contributed by atoms with van der Waals surface area (Å²) in [6.07, 6.45) is 0. The number of carbonyl (C=O) groups excluding carboxylic acids is 1. The van der Waals surface area contributed by atoms with Gasteiger partial charge in [-0.15, -0.1) is 11.3 Å². The van der Waals surface area contributed by atoms with Crippen molar-refractivity contribution in [2.45, 2.75) is 0 Å². The van der Waals surface area contributed by atoms with Crippen molar-refractivity contribution in [1.82, 2.24) is 4.98 Å². The smallest absolute Gasteiger partial charge is 0.367 e. The molecule has 0 fully saturated rings. The SMILES string of the molecule is COC(=O)c1nc2cccc(OC)c2s1. The van der Waals surface area contributed by atoms with Crippen LogP contribution < -0.4 is 4.74 Å². The van der Waals surface area contributed by atoms with Crippen LogP contribution in [0.25, 0.3) is 10.2 Å². The minimum atomic E-state index is -0.418. The van der Waals surface area contributed by atoms with Crippen molar-refractivity contribution in [2.24, 2.45) is 0 Å². The zero-order valence-corrected chi connectivity index (χ0v) is 9.13. The predicted molar refractivity (Wildman–Crippen MR) is 57.5 cm³/mol. The molecule has 0 N–H and O–H groups in total. The van der Waals surface area contributed by atoms with Gasteiger partial charge in [0.15, 0.2) is 0 Å². The molecular weight excluding hydrogens is 214 g/mol. The number of ether oxygens (including phenoxy) is 2. The minimum absolute atomic E-state index is 0.344. The third-order valence-electron chi connectivity index (χ3n) is 1.96. The third kappa shape index (κ3) is 1.66. The van der Waals surface area contributed by atoms with Gasteiger partial charge < -0.3 is 9.47 Å². The fourth-order valence-electron chi connectivity index (χ4n) is 1.26. The Bertz CT molecular complexity index is 506. The maximum absolute atomic E-state index is 11.3. The Kier molecular flexibility index (Phi) is 2.55. The summed E-state index contributed by atoms with van der Waals surface area (Å²) in [6.45, 7) is 0. The zero-order valence-electron chi connectivity index (χ0n) is 8.31. The Hall–Kier alpha value is -1.62. The first-order valence-electron chi connectivity index (χ1n) is 4.28. The van der Waals surface area contributed by atoms with Gasteiger partial charge in [-0.25, -0.2) is 9.78 Å². The van der Waals surface area contributed by atoms with Crippen LogP contribution in [0.2, 0.25) is 0 Å². The van der Waals surface area contributed by atoms with Crippen molar-refractivity contribution in [3.05, 3.63) is 23.2 Å². The first kappa shape index (κ1) is 9.92. The second kappa shape index (κ2) is 3.86. The molecule has 1 aromatic carbocycles. The molecule has 0 aliphatic heterocycles. The van der Waals surface area contributed by atoms with E-state index in [1.165, 1.54) is 18.4 Å². The Balaban J connectivity index is 2.60. The Morgan fingerprint density at radius 2 is 2.20 bits per heavy atom. The van der Waals surface area contributed by atoms with Crippen LogP contribution in [0.5, 0.6) is 5.75 Å². The van der Waals surface area contributed by atoms with Crippen LogP contribution in [0.1, 0.15) is 9.80 Å². The highest BCUT2D eigenvalue weighted by Gasteiger charge is 2.14. The number of rotatable bonds is 2. The highest BCUT2D eigenvalue weighted by Crippen LogP contribution is 2.30. The molecule has 0 radical (unpaired) electrons. The van der Waals surface area contributed by atoms with Crippen molar-refractivity contribution in [3.63, 3.8) is 0 Å². The molecule has 0 amide bonds. The summed E-state index contributed by atoms with van der Waals surface area (Å²) in [5.74, 6) is 0.304. The molecule has 0 spiro atoms. The molecule has 0 atom stereocenters. The highest BCUT2D eigenvalue weighted by atomic mass is 32.1. The summed E-state index contributed by atoms with van der Waals surface area (Å²) in [7, 11) is 2.93. The molecule has 1 aromatic heterocycles. The van der Waals surface area contributed by atoms with Gasteiger partial charge >= 0.3 is 5.97 Å². The van der Waals surface area contributed by atoms with Crippen molar-refractivity contribution < 1.29 is 14.3 Å². The van der Waals surface area contributed by atoms with Crippen LogP contribution in [-0.2, 0) is 4.74 Å². The Labute approximate surface area is 90.5 Å². The minimum Gasteiger partial charge on any atom is -0.495 e. The molecular formula is C10H9NO3S. The lowest BCUT2D eigenvalue weighted by Crippen LogP contribution is -1.99. The number of carbonyl (C=O) groups is 1. The largest absolute Gasteiger partial charge is 0.495 e. The lowest BCUT2D eigenvalue weighted by atomic mass is 10.3. The van der Waals surface area contributed by atoms with Gasteiger partial charge in [-0.2, -0.15) is 0 Å². The van der Waals surface area contributed by atoms with Crippen LogP contribution >= 0.6 is 11.3 Å². The molecule has 15 heavy (non-hydrogen) atoms. The van der Waals surface area contributed by atoms with E-state index in [1.54, 1.807) is 7.11 Å². The summed E-state index contributed by atoms with van der Waals surface area (Å²) in [4.78, 5) is 15.4. The number of nitrogens with zero attached hydrogens (tertiary/aromatic N) is 1. The van der Waals surface area contributed by atoms with Gasteiger partial charge in [0.05, 0.1) is 24.4 Å². The quantitative estimate of drug-likeness (QED) is 0.731. The van der Waals surface area contributed by atoms with Crippen LogP contribution in [0.15, 0.2) is 18.2 Å². The van der Waals surface area contributed by atoms with Gasteiger partial charge in [0.1, 0.15) is 5.75 Å². The van der Waals surface area contributed by atoms with Crippen LogP contribution in [0.3, 0.4) is 0 Å². The summed E-state index contributed by atoms with van der Waals surface area (Å²) in [6, 6.07) is 5.50. The van der Waals surface area contributed by atoms with E-state index in [9.17, 15) is 4.79 Å². The predicted octanol–water partition coefficient (Wildman–Crippen LogP) is 2.09. The summed E-state index contributed by atoms with van der Waals surface area (Å²) in [5, 5.41) is 0.344. The molecule has 0 unspecified atom stereocenters. The number of aromatic nitrogens is 1. The van der Waals surface area contributed by atoms with Gasteiger partial charge in [0, 0.05) is 0 Å². The maximum Gasteiger partial charge on any atom is 0.367 e.